The Morgan fingerprint density at radius 2 is 1.90 bits per heavy atom. The van der Waals surface area contributed by atoms with Gasteiger partial charge in [-0.15, -0.1) is 0 Å². The zero-order chi connectivity index (χ0) is 22.1. The summed E-state index contributed by atoms with van der Waals surface area (Å²) in [6, 6.07) is 5.92. The number of nitrogens with one attached hydrogen (secondary N) is 2. The average Bonchev–Trinajstić information content (AvgIpc) is 2.72. The van der Waals surface area contributed by atoms with E-state index in [4.69, 9.17) is 0 Å². The lowest BCUT2D eigenvalue weighted by Crippen LogP contribution is -2.40. The van der Waals surface area contributed by atoms with Crippen LogP contribution in [0.4, 0.5) is 14.6 Å². The predicted molar refractivity (Wildman–Crippen MR) is 111 cm³/mol. The number of halogens is 2. The van der Waals surface area contributed by atoms with Crippen LogP contribution in [0.1, 0.15) is 56.1 Å². The third-order valence-corrected chi connectivity index (χ3v) is 5.71. The van der Waals surface area contributed by atoms with E-state index in [1.807, 2.05) is 6.92 Å². The van der Waals surface area contributed by atoms with E-state index in [0.717, 1.165) is 12.8 Å². The fourth-order valence-corrected chi connectivity index (χ4v) is 4.31. The van der Waals surface area contributed by atoms with Gasteiger partial charge in [0.25, 0.3) is 5.56 Å². The standard InChI is InChI=1S/C22H23F2N3O4/c1-2-3-11-27-19-18(20(29)26-22(27)30)16(17-14(25-19)5-4-6-15(17)28)12-7-9-13(10-8-12)31-21(23)24/h7-10,16,21,25H,2-6,11H2,1H3,(H,26,29,30)/t16-/m1/s1. The molecule has 0 fully saturated rings. The van der Waals surface area contributed by atoms with Crippen molar-refractivity contribution >= 4 is 11.6 Å². The molecule has 0 radical (unpaired) electrons. The summed E-state index contributed by atoms with van der Waals surface area (Å²) in [5, 5.41) is 3.20. The molecule has 0 saturated carbocycles. The van der Waals surface area contributed by atoms with Crippen LogP contribution in [-0.2, 0) is 11.3 Å². The van der Waals surface area contributed by atoms with Gasteiger partial charge >= 0.3 is 12.3 Å². The van der Waals surface area contributed by atoms with Crippen molar-refractivity contribution in [3.05, 3.63) is 67.5 Å². The molecule has 31 heavy (non-hydrogen) atoms. The van der Waals surface area contributed by atoms with E-state index in [2.05, 4.69) is 15.0 Å². The number of allylic oxidation sites excluding steroid dienone is 2. The molecule has 164 valence electrons. The van der Waals surface area contributed by atoms with Crippen LogP contribution in [-0.4, -0.2) is 21.9 Å². The minimum atomic E-state index is -2.95. The summed E-state index contributed by atoms with van der Waals surface area (Å²) in [5.74, 6) is -0.382. The maximum atomic E-state index is 12.9. The number of ketones is 1. The molecule has 4 rings (SSSR count). The molecule has 1 aliphatic carbocycles. The van der Waals surface area contributed by atoms with Gasteiger partial charge in [-0.05, 0) is 37.0 Å². The number of alkyl halides is 2. The summed E-state index contributed by atoms with van der Waals surface area (Å²) in [6.45, 7) is -0.523. The van der Waals surface area contributed by atoms with E-state index in [1.165, 1.54) is 16.7 Å². The van der Waals surface area contributed by atoms with E-state index < -0.39 is 23.8 Å². The largest absolute Gasteiger partial charge is 0.435 e. The van der Waals surface area contributed by atoms with Crippen molar-refractivity contribution in [2.45, 2.75) is 58.1 Å². The maximum Gasteiger partial charge on any atom is 0.387 e. The molecule has 1 aromatic carbocycles. The van der Waals surface area contributed by atoms with Crippen molar-refractivity contribution in [3.8, 4) is 5.75 Å². The number of aromatic amines is 1. The number of aromatic nitrogens is 2. The van der Waals surface area contributed by atoms with Gasteiger partial charge in [0.1, 0.15) is 11.6 Å². The molecule has 0 amide bonds. The molecule has 9 heteroatoms. The molecular weight excluding hydrogens is 408 g/mol. The van der Waals surface area contributed by atoms with Crippen LogP contribution in [0.15, 0.2) is 45.1 Å². The number of ether oxygens (including phenoxy) is 1. The van der Waals surface area contributed by atoms with Gasteiger partial charge in [0.15, 0.2) is 5.78 Å². The molecule has 2 N–H and O–H groups in total. The third kappa shape index (κ3) is 3.92. The first-order chi connectivity index (χ1) is 14.9. The van der Waals surface area contributed by atoms with E-state index in [-0.39, 0.29) is 17.1 Å². The molecular formula is C22H23F2N3O4. The van der Waals surface area contributed by atoms with Crippen LogP contribution in [0.5, 0.6) is 5.75 Å². The SMILES string of the molecule is CCCCn1c2c(c(=O)[nH]c1=O)[C@H](c1ccc(OC(F)F)cc1)C1=C(CCCC1=O)N2. The highest BCUT2D eigenvalue weighted by atomic mass is 19.3. The number of nitrogens with zero attached hydrogens (tertiary/aromatic N) is 1. The summed E-state index contributed by atoms with van der Waals surface area (Å²) in [7, 11) is 0. The van der Waals surface area contributed by atoms with Gasteiger partial charge in [-0.2, -0.15) is 8.78 Å². The van der Waals surface area contributed by atoms with E-state index in [0.29, 0.717) is 48.5 Å². The fraction of sp³-hybridized carbons (Fsp3) is 0.409. The number of anilines is 1. The number of carbonyl (C=O) groups is 1. The maximum absolute atomic E-state index is 12.9. The molecule has 1 aliphatic heterocycles. The number of H-pyrrole nitrogens is 1. The Hall–Kier alpha value is -3.23. The van der Waals surface area contributed by atoms with Crippen molar-refractivity contribution < 1.29 is 18.3 Å². The normalized spacial score (nSPS) is 17.9. The third-order valence-electron chi connectivity index (χ3n) is 5.71. The summed E-state index contributed by atoms with van der Waals surface area (Å²) < 4.78 is 31.0. The first kappa shape index (κ1) is 21.0. The van der Waals surface area contributed by atoms with Gasteiger partial charge in [-0.1, -0.05) is 25.5 Å². The molecule has 1 atom stereocenters. The number of Topliss-reactive ketones (excluding diaryl/α,β-unsaturated/α-hetero) is 1. The highest BCUT2D eigenvalue weighted by Gasteiger charge is 2.38. The van der Waals surface area contributed by atoms with Crippen LogP contribution in [0.2, 0.25) is 0 Å². The van der Waals surface area contributed by atoms with Crippen molar-refractivity contribution in [2.24, 2.45) is 0 Å². The topological polar surface area (TPSA) is 93.2 Å². The summed E-state index contributed by atoms with van der Waals surface area (Å²) in [4.78, 5) is 40.7. The van der Waals surface area contributed by atoms with Crippen molar-refractivity contribution in [2.75, 3.05) is 5.32 Å². The van der Waals surface area contributed by atoms with Crippen molar-refractivity contribution in [1.29, 1.82) is 0 Å². The number of hydrogen-bond acceptors (Lipinski definition) is 5. The van der Waals surface area contributed by atoms with Gasteiger partial charge in [0, 0.05) is 30.2 Å². The molecule has 2 aliphatic rings. The highest BCUT2D eigenvalue weighted by molar-refractivity contribution is 6.00. The van der Waals surface area contributed by atoms with Gasteiger partial charge in [-0.25, -0.2) is 4.79 Å². The number of fused-ring (bicyclic) bond motifs is 1. The summed E-state index contributed by atoms with van der Waals surface area (Å²) in [6.07, 6.45) is 3.28. The van der Waals surface area contributed by atoms with Gasteiger partial charge in [0.2, 0.25) is 0 Å². The Kier molecular flexibility index (Phi) is 5.75. The lowest BCUT2D eigenvalue weighted by Gasteiger charge is -2.34. The first-order valence-corrected chi connectivity index (χ1v) is 10.4. The van der Waals surface area contributed by atoms with Crippen LogP contribution >= 0.6 is 0 Å². The lowest BCUT2D eigenvalue weighted by molar-refractivity contribution is -0.116. The molecule has 0 bridgehead atoms. The van der Waals surface area contributed by atoms with Crippen molar-refractivity contribution in [3.63, 3.8) is 0 Å². The molecule has 0 spiro atoms. The zero-order valence-corrected chi connectivity index (χ0v) is 17.0. The Labute approximate surface area is 176 Å². The van der Waals surface area contributed by atoms with E-state index in [9.17, 15) is 23.2 Å². The molecule has 1 aromatic heterocycles. The second-order valence-electron chi connectivity index (χ2n) is 7.70. The Morgan fingerprint density at radius 1 is 1.16 bits per heavy atom. The number of unbranched alkanes of at least 4 members (excludes halogenated alkanes) is 1. The van der Waals surface area contributed by atoms with Crippen LogP contribution in [0.3, 0.4) is 0 Å². The van der Waals surface area contributed by atoms with E-state index in [1.54, 1.807) is 12.1 Å². The molecule has 0 unspecified atom stereocenters. The second kappa shape index (κ2) is 8.49. The predicted octanol–water partition coefficient (Wildman–Crippen LogP) is 3.50. The first-order valence-electron chi connectivity index (χ1n) is 10.4. The minimum absolute atomic E-state index is 0.0149. The highest BCUT2D eigenvalue weighted by Crippen LogP contribution is 2.43. The number of rotatable bonds is 6. The van der Waals surface area contributed by atoms with Crippen LogP contribution < -0.4 is 21.3 Å². The molecule has 2 heterocycles. The average molecular weight is 431 g/mol. The molecule has 0 saturated heterocycles. The van der Waals surface area contributed by atoms with Crippen LogP contribution in [0, 0.1) is 0 Å². The molecule has 7 nitrogen and oxygen atoms in total. The Balaban J connectivity index is 1.90. The van der Waals surface area contributed by atoms with Gasteiger partial charge in [0.05, 0.1) is 5.56 Å². The zero-order valence-electron chi connectivity index (χ0n) is 17.0. The van der Waals surface area contributed by atoms with Crippen LogP contribution in [0.25, 0.3) is 0 Å². The smallest absolute Gasteiger partial charge is 0.387 e. The fourth-order valence-electron chi connectivity index (χ4n) is 4.31. The second-order valence-corrected chi connectivity index (χ2v) is 7.70. The Bertz CT molecular complexity index is 1150. The summed E-state index contributed by atoms with van der Waals surface area (Å²) >= 11 is 0. The lowest BCUT2D eigenvalue weighted by atomic mass is 9.76. The molecule has 2 aromatic rings. The van der Waals surface area contributed by atoms with Gasteiger partial charge in [-0.3, -0.25) is 19.1 Å². The minimum Gasteiger partial charge on any atom is -0.435 e. The quantitative estimate of drug-likeness (QED) is 0.730. The van der Waals surface area contributed by atoms with Gasteiger partial charge < -0.3 is 10.1 Å². The van der Waals surface area contributed by atoms with E-state index >= 15 is 0 Å². The Morgan fingerprint density at radius 3 is 2.58 bits per heavy atom. The number of carbonyl (C=O) groups excluding carboxylic acids is 1. The number of hydrogen-bond donors (Lipinski definition) is 2. The summed E-state index contributed by atoms with van der Waals surface area (Å²) in [5.41, 5.74) is 1.01. The number of benzene rings is 1. The monoisotopic (exact) mass is 431 g/mol. The van der Waals surface area contributed by atoms with Crippen molar-refractivity contribution in [1.82, 2.24) is 9.55 Å².